The number of amides is 1. The van der Waals surface area contributed by atoms with E-state index in [1.165, 1.54) is 34.9 Å². The fourth-order valence-electron chi connectivity index (χ4n) is 1.86. The molecule has 1 aromatic carbocycles. The van der Waals surface area contributed by atoms with Crippen molar-refractivity contribution in [2.45, 2.75) is 23.3 Å². The number of benzene rings is 1. The minimum Gasteiger partial charge on any atom is -0.448 e. The van der Waals surface area contributed by atoms with E-state index in [0.717, 1.165) is 9.99 Å². The topological polar surface area (TPSA) is 106 Å². The van der Waals surface area contributed by atoms with Crippen molar-refractivity contribution in [1.82, 2.24) is 15.6 Å². The van der Waals surface area contributed by atoms with E-state index in [1.54, 1.807) is 6.07 Å². The molecule has 128 valence electrons. The minimum atomic E-state index is -0.298. The molecule has 0 unspecified atom stereocenters. The van der Waals surface area contributed by atoms with Crippen molar-refractivity contribution in [1.29, 1.82) is 0 Å². The predicted octanol–water partition coefficient (Wildman–Crippen LogP) is 2.87. The molecule has 0 radical (unpaired) electrons. The smallest absolute Gasteiger partial charge is 0.247 e. The Morgan fingerprint density at radius 2 is 2.12 bits per heavy atom. The Bertz CT molecular complexity index is 886. The first-order chi connectivity index (χ1) is 12.1. The fraction of sp³-hybridized carbons (Fsp3) is 0.125. The summed E-state index contributed by atoms with van der Waals surface area (Å²) in [6, 6.07) is 11.8. The van der Waals surface area contributed by atoms with Crippen molar-refractivity contribution in [2.24, 2.45) is 5.10 Å². The summed E-state index contributed by atoms with van der Waals surface area (Å²) in [6.45, 7) is 2.05. The van der Waals surface area contributed by atoms with Crippen molar-refractivity contribution >= 4 is 40.4 Å². The van der Waals surface area contributed by atoms with Gasteiger partial charge in [0.05, 0.1) is 12.6 Å². The average molecular weight is 373 g/mol. The first kappa shape index (κ1) is 17.2. The monoisotopic (exact) mass is 373 g/mol. The second-order valence-corrected chi connectivity index (χ2v) is 7.25. The van der Waals surface area contributed by atoms with Crippen LogP contribution >= 0.6 is 23.1 Å². The van der Waals surface area contributed by atoms with Crippen LogP contribution in [-0.4, -0.2) is 22.3 Å². The van der Waals surface area contributed by atoms with Crippen molar-refractivity contribution in [2.75, 3.05) is 5.73 Å². The maximum Gasteiger partial charge on any atom is 0.247 e. The van der Waals surface area contributed by atoms with Gasteiger partial charge < -0.3 is 10.2 Å². The van der Waals surface area contributed by atoms with Crippen LogP contribution in [0, 0.1) is 6.92 Å². The van der Waals surface area contributed by atoms with E-state index in [0.29, 0.717) is 15.9 Å². The standard InChI is InChI=1S/C16H15N5O2S2/c1-10-2-5-12(6-3-10)24-15-7-4-11(23-15)9-18-19-13(22)8-14-20-21-16(17)25-14/h2-7,9H,8H2,1H3,(H2,17,21)(H,19,22)/b18-9+. The Kier molecular flexibility index (Phi) is 5.46. The van der Waals surface area contributed by atoms with E-state index in [-0.39, 0.29) is 12.3 Å². The summed E-state index contributed by atoms with van der Waals surface area (Å²) in [7, 11) is 0. The highest BCUT2D eigenvalue weighted by Crippen LogP contribution is 2.28. The van der Waals surface area contributed by atoms with Gasteiger partial charge in [-0.05, 0) is 31.2 Å². The molecule has 0 saturated carbocycles. The van der Waals surface area contributed by atoms with Crippen LogP contribution in [0.5, 0.6) is 0 Å². The van der Waals surface area contributed by atoms with Gasteiger partial charge in [0.1, 0.15) is 10.8 Å². The third-order valence-electron chi connectivity index (χ3n) is 3.02. The number of hydrogen-bond acceptors (Lipinski definition) is 8. The van der Waals surface area contributed by atoms with E-state index < -0.39 is 0 Å². The quantitative estimate of drug-likeness (QED) is 0.508. The van der Waals surface area contributed by atoms with Crippen LogP contribution in [0.4, 0.5) is 5.13 Å². The Morgan fingerprint density at radius 1 is 1.32 bits per heavy atom. The molecule has 0 aliphatic carbocycles. The molecule has 9 heteroatoms. The van der Waals surface area contributed by atoms with E-state index in [9.17, 15) is 4.79 Å². The number of anilines is 1. The number of nitrogen functional groups attached to an aromatic ring is 1. The third kappa shape index (κ3) is 5.16. The first-order valence-corrected chi connectivity index (χ1v) is 8.96. The van der Waals surface area contributed by atoms with Gasteiger partial charge in [-0.25, -0.2) is 5.43 Å². The summed E-state index contributed by atoms with van der Waals surface area (Å²) in [5.41, 5.74) is 9.09. The Morgan fingerprint density at radius 3 is 2.84 bits per heavy atom. The van der Waals surface area contributed by atoms with Crippen molar-refractivity contribution in [3.8, 4) is 0 Å². The molecule has 2 aromatic heterocycles. The highest BCUT2D eigenvalue weighted by molar-refractivity contribution is 7.99. The zero-order chi connectivity index (χ0) is 17.6. The molecule has 2 heterocycles. The lowest BCUT2D eigenvalue weighted by Crippen LogP contribution is -2.19. The van der Waals surface area contributed by atoms with Crippen LogP contribution in [0.25, 0.3) is 0 Å². The van der Waals surface area contributed by atoms with Gasteiger partial charge in [0.25, 0.3) is 0 Å². The van der Waals surface area contributed by atoms with E-state index >= 15 is 0 Å². The molecule has 0 aliphatic rings. The van der Waals surface area contributed by atoms with Gasteiger partial charge in [-0.1, -0.05) is 40.8 Å². The molecule has 25 heavy (non-hydrogen) atoms. The molecule has 0 spiro atoms. The van der Waals surface area contributed by atoms with E-state index in [1.807, 2.05) is 25.1 Å². The molecule has 0 fully saturated rings. The maximum atomic E-state index is 11.7. The molecule has 7 nitrogen and oxygen atoms in total. The second-order valence-electron chi connectivity index (χ2n) is 5.08. The molecular formula is C16H15N5O2S2. The zero-order valence-corrected chi connectivity index (χ0v) is 14.9. The Hall–Kier alpha value is -2.65. The van der Waals surface area contributed by atoms with E-state index in [2.05, 4.69) is 32.9 Å². The number of carbonyl (C=O) groups is 1. The predicted molar refractivity (Wildman–Crippen MR) is 97.8 cm³/mol. The summed E-state index contributed by atoms with van der Waals surface area (Å²) in [4.78, 5) is 12.8. The lowest BCUT2D eigenvalue weighted by molar-refractivity contribution is -0.120. The number of nitrogens with one attached hydrogen (secondary N) is 1. The molecule has 1 amide bonds. The van der Waals surface area contributed by atoms with Crippen LogP contribution < -0.4 is 11.2 Å². The number of hydrogen-bond donors (Lipinski definition) is 2. The number of nitrogens with two attached hydrogens (primary N) is 1. The lowest BCUT2D eigenvalue weighted by atomic mass is 10.2. The molecule has 0 bridgehead atoms. The number of rotatable bonds is 6. The van der Waals surface area contributed by atoms with Gasteiger partial charge in [-0.3, -0.25) is 4.79 Å². The SMILES string of the molecule is Cc1ccc(Sc2ccc(/C=N/NC(=O)Cc3nnc(N)s3)o2)cc1. The summed E-state index contributed by atoms with van der Waals surface area (Å²) in [6.07, 6.45) is 1.53. The second kappa shape index (κ2) is 7.95. The Labute approximate surface area is 152 Å². The third-order valence-corrected chi connectivity index (χ3v) is 4.70. The molecule has 0 saturated heterocycles. The number of furan rings is 1. The van der Waals surface area contributed by atoms with Gasteiger partial charge in [-0.2, -0.15) is 5.10 Å². The van der Waals surface area contributed by atoms with Crippen LogP contribution in [0.3, 0.4) is 0 Å². The number of aryl methyl sites for hydroxylation is 1. The van der Waals surface area contributed by atoms with Crippen molar-refractivity contribution in [3.63, 3.8) is 0 Å². The number of hydrazone groups is 1. The molecule has 0 aliphatic heterocycles. The van der Waals surface area contributed by atoms with Crippen LogP contribution in [0.15, 0.2) is 55.9 Å². The van der Waals surface area contributed by atoms with Gasteiger partial charge >= 0.3 is 0 Å². The number of carbonyl (C=O) groups excluding carboxylic acids is 1. The highest BCUT2D eigenvalue weighted by atomic mass is 32.2. The lowest BCUT2D eigenvalue weighted by Gasteiger charge is -1.98. The van der Waals surface area contributed by atoms with Gasteiger partial charge in [0.2, 0.25) is 11.0 Å². The highest BCUT2D eigenvalue weighted by Gasteiger charge is 2.07. The normalized spacial score (nSPS) is 11.1. The van der Waals surface area contributed by atoms with Crippen LogP contribution in [0.1, 0.15) is 16.3 Å². The van der Waals surface area contributed by atoms with Gasteiger partial charge in [0, 0.05) is 4.90 Å². The zero-order valence-electron chi connectivity index (χ0n) is 13.3. The largest absolute Gasteiger partial charge is 0.448 e. The molecular weight excluding hydrogens is 358 g/mol. The maximum absolute atomic E-state index is 11.7. The molecule has 3 rings (SSSR count). The van der Waals surface area contributed by atoms with Crippen molar-refractivity contribution in [3.05, 3.63) is 52.7 Å². The van der Waals surface area contributed by atoms with E-state index in [4.69, 9.17) is 10.2 Å². The summed E-state index contributed by atoms with van der Waals surface area (Å²) in [5.74, 6) is 0.253. The first-order valence-electron chi connectivity index (χ1n) is 7.32. The minimum absolute atomic E-state index is 0.0822. The van der Waals surface area contributed by atoms with Crippen LogP contribution in [0.2, 0.25) is 0 Å². The van der Waals surface area contributed by atoms with Gasteiger partial charge in [-0.15, -0.1) is 10.2 Å². The summed E-state index contributed by atoms with van der Waals surface area (Å²) < 4.78 is 5.65. The molecule has 3 aromatic rings. The number of nitrogens with zero attached hydrogens (tertiary/aromatic N) is 3. The van der Waals surface area contributed by atoms with Gasteiger partial charge in [0.15, 0.2) is 5.09 Å². The fourth-order valence-corrected chi connectivity index (χ4v) is 3.25. The molecule has 0 atom stereocenters. The Balaban J connectivity index is 1.51. The summed E-state index contributed by atoms with van der Waals surface area (Å²) in [5, 5.41) is 12.9. The summed E-state index contributed by atoms with van der Waals surface area (Å²) >= 11 is 2.69. The number of aromatic nitrogens is 2. The van der Waals surface area contributed by atoms with Crippen molar-refractivity contribution < 1.29 is 9.21 Å². The van der Waals surface area contributed by atoms with Crippen LogP contribution in [-0.2, 0) is 11.2 Å². The average Bonchev–Trinajstić information content (AvgIpc) is 3.19. The molecule has 3 N–H and O–H groups in total.